The molecule has 0 aliphatic rings. The second kappa shape index (κ2) is 7.57. The molecule has 0 bridgehead atoms. The summed E-state index contributed by atoms with van der Waals surface area (Å²) in [5.41, 5.74) is 0.925. The van der Waals surface area contributed by atoms with Crippen LogP contribution in [0.25, 0.3) is 0 Å². The van der Waals surface area contributed by atoms with Gasteiger partial charge in [-0.05, 0) is 30.5 Å². The fraction of sp³-hybridized carbons (Fsp3) is 0.308. The summed E-state index contributed by atoms with van der Waals surface area (Å²) < 4.78 is 39.0. The average Bonchev–Trinajstić information content (AvgIpc) is 2.94. The van der Waals surface area contributed by atoms with E-state index in [4.69, 9.17) is 0 Å². The third-order valence-corrected chi connectivity index (χ3v) is 5.43. The molecule has 124 valence electrons. The minimum absolute atomic E-state index is 0.129. The third kappa shape index (κ3) is 5.34. The van der Waals surface area contributed by atoms with Crippen molar-refractivity contribution in [3.63, 3.8) is 0 Å². The van der Waals surface area contributed by atoms with Crippen molar-refractivity contribution in [2.75, 3.05) is 11.9 Å². The molecule has 0 atom stereocenters. The predicted octanol–water partition coefficient (Wildman–Crippen LogP) is 1.55. The van der Waals surface area contributed by atoms with Crippen molar-refractivity contribution in [2.24, 2.45) is 0 Å². The maximum absolute atomic E-state index is 12.8. The first-order valence-corrected chi connectivity index (χ1v) is 9.02. The van der Waals surface area contributed by atoms with Crippen LogP contribution in [0.2, 0.25) is 0 Å². The highest BCUT2D eigenvalue weighted by Crippen LogP contribution is 2.19. The minimum Gasteiger partial charge on any atom is -0.301 e. The number of sulfonamides is 1. The number of nitrogens with one attached hydrogen (secondary N) is 2. The second-order valence-electron chi connectivity index (χ2n) is 4.68. The van der Waals surface area contributed by atoms with Crippen LogP contribution >= 0.6 is 11.3 Å². The molecule has 1 aromatic heterocycles. The van der Waals surface area contributed by atoms with Crippen molar-refractivity contribution >= 4 is 32.4 Å². The zero-order valence-corrected chi connectivity index (χ0v) is 13.9. The molecular formula is C13H15FN4O3S2. The van der Waals surface area contributed by atoms with Crippen molar-refractivity contribution < 1.29 is 17.6 Å². The van der Waals surface area contributed by atoms with Crippen LogP contribution in [0.1, 0.15) is 18.9 Å². The Morgan fingerprint density at radius 2 is 1.96 bits per heavy atom. The number of amides is 1. The summed E-state index contributed by atoms with van der Waals surface area (Å²) in [6, 6.07) is 6.05. The fourth-order valence-corrected chi connectivity index (χ4v) is 3.79. The Balaban J connectivity index is 1.85. The highest BCUT2D eigenvalue weighted by Gasteiger charge is 2.19. The zero-order valence-electron chi connectivity index (χ0n) is 12.2. The molecule has 0 saturated carbocycles. The molecule has 23 heavy (non-hydrogen) atoms. The molecule has 2 aromatic rings. The fourth-order valence-electron chi connectivity index (χ4n) is 1.73. The van der Waals surface area contributed by atoms with E-state index >= 15 is 0 Å². The molecule has 0 saturated heterocycles. The molecule has 0 aliphatic carbocycles. The molecule has 0 aliphatic heterocycles. The van der Waals surface area contributed by atoms with Gasteiger partial charge < -0.3 is 5.32 Å². The lowest BCUT2D eigenvalue weighted by atomic mass is 10.1. The molecule has 0 fully saturated rings. The smallest absolute Gasteiger partial charge is 0.269 e. The summed E-state index contributed by atoms with van der Waals surface area (Å²) >= 11 is 0.778. The molecular weight excluding hydrogens is 343 g/mol. The minimum atomic E-state index is -3.75. The first-order valence-electron chi connectivity index (χ1n) is 6.72. The Kier molecular flexibility index (Phi) is 5.74. The summed E-state index contributed by atoms with van der Waals surface area (Å²) in [7, 11) is -3.75. The summed E-state index contributed by atoms with van der Waals surface area (Å²) in [6.45, 7) is 1.51. The number of nitrogens with zero attached hydrogens (tertiary/aromatic N) is 2. The van der Waals surface area contributed by atoms with Gasteiger partial charge in [-0.25, -0.2) is 17.5 Å². The molecule has 0 radical (unpaired) electrons. The highest BCUT2D eigenvalue weighted by atomic mass is 32.2. The Morgan fingerprint density at radius 3 is 2.61 bits per heavy atom. The van der Waals surface area contributed by atoms with Crippen molar-refractivity contribution in [1.82, 2.24) is 14.9 Å². The largest absolute Gasteiger partial charge is 0.301 e. The van der Waals surface area contributed by atoms with Crippen LogP contribution in [0.4, 0.5) is 9.52 Å². The lowest BCUT2D eigenvalue weighted by molar-refractivity contribution is -0.114. The van der Waals surface area contributed by atoms with E-state index in [-0.39, 0.29) is 27.7 Å². The number of aromatic nitrogens is 2. The van der Waals surface area contributed by atoms with E-state index in [1.165, 1.54) is 19.1 Å². The maximum atomic E-state index is 12.8. The molecule has 2 rings (SSSR count). The molecule has 0 spiro atoms. The molecule has 1 aromatic carbocycles. The standard InChI is InChI=1S/C13H15FN4O3S2/c1-9(19)16-12-17-18-13(22-12)23(20,21)15-8-2-3-10-4-6-11(14)7-5-10/h4-7,15H,2-3,8H2,1H3,(H,16,17,19). The number of hydrogen-bond donors (Lipinski definition) is 2. The first kappa shape index (κ1) is 17.4. The Morgan fingerprint density at radius 1 is 1.26 bits per heavy atom. The van der Waals surface area contributed by atoms with E-state index < -0.39 is 10.0 Å². The first-order chi connectivity index (χ1) is 10.9. The number of rotatable bonds is 7. The Labute approximate surface area is 137 Å². The van der Waals surface area contributed by atoms with Gasteiger partial charge in [-0.3, -0.25) is 4.79 Å². The number of aryl methyl sites for hydroxylation is 1. The van der Waals surface area contributed by atoms with Gasteiger partial charge in [0.05, 0.1) is 0 Å². The van der Waals surface area contributed by atoms with Gasteiger partial charge >= 0.3 is 0 Å². The average molecular weight is 358 g/mol. The van der Waals surface area contributed by atoms with E-state index in [0.29, 0.717) is 12.8 Å². The summed E-state index contributed by atoms with van der Waals surface area (Å²) in [4.78, 5) is 10.9. The molecule has 1 amide bonds. The quantitative estimate of drug-likeness (QED) is 0.578. The van der Waals surface area contributed by atoms with Crippen LogP contribution in [0, 0.1) is 5.82 Å². The molecule has 10 heteroatoms. The molecule has 1 heterocycles. The number of carbonyl (C=O) groups is 1. The monoisotopic (exact) mass is 358 g/mol. The lowest BCUT2D eigenvalue weighted by Gasteiger charge is -2.04. The van der Waals surface area contributed by atoms with Gasteiger partial charge in [-0.15, -0.1) is 10.2 Å². The molecule has 0 unspecified atom stereocenters. The van der Waals surface area contributed by atoms with Gasteiger partial charge in [-0.1, -0.05) is 23.5 Å². The van der Waals surface area contributed by atoms with Crippen LogP contribution in [0.15, 0.2) is 28.6 Å². The number of benzene rings is 1. The van der Waals surface area contributed by atoms with E-state index in [9.17, 15) is 17.6 Å². The van der Waals surface area contributed by atoms with Crippen molar-refractivity contribution in [1.29, 1.82) is 0 Å². The molecule has 7 nitrogen and oxygen atoms in total. The van der Waals surface area contributed by atoms with E-state index in [1.54, 1.807) is 12.1 Å². The number of halogens is 1. The number of hydrogen-bond acceptors (Lipinski definition) is 6. The van der Waals surface area contributed by atoms with E-state index in [0.717, 1.165) is 16.9 Å². The second-order valence-corrected chi connectivity index (χ2v) is 7.60. The maximum Gasteiger partial charge on any atom is 0.269 e. The molecule has 2 N–H and O–H groups in total. The van der Waals surface area contributed by atoms with Crippen LogP contribution in [0.3, 0.4) is 0 Å². The predicted molar refractivity (Wildman–Crippen MR) is 84.1 cm³/mol. The topological polar surface area (TPSA) is 101 Å². The van der Waals surface area contributed by atoms with Crippen LogP contribution in [0.5, 0.6) is 0 Å². The summed E-state index contributed by atoms with van der Waals surface area (Å²) in [6.07, 6.45) is 1.18. The van der Waals surface area contributed by atoms with Crippen molar-refractivity contribution in [3.8, 4) is 0 Å². The van der Waals surface area contributed by atoms with Crippen LogP contribution < -0.4 is 10.0 Å². The Bertz CT molecular complexity index is 775. The van der Waals surface area contributed by atoms with Crippen LogP contribution in [-0.4, -0.2) is 31.1 Å². The number of anilines is 1. The van der Waals surface area contributed by atoms with Gasteiger partial charge in [0, 0.05) is 13.5 Å². The van der Waals surface area contributed by atoms with E-state index in [1.807, 2.05) is 0 Å². The van der Waals surface area contributed by atoms with Gasteiger partial charge in [0.1, 0.15) is 5.82 Å². The van der Waals surface area contributed by atoms with Gasteiger partial charge in [0.2, 0.25) is 15.4 Å². The summed E-state index contributed by atoms with van der Waals surface area (Å²) in [5, 5.41) is 9.64. The SMILES string of the molecule is CC(=O)Nc1nnc(S(=O)(=O)NCCCc2ccc(F)cc2)s1. The van der Waals surface area contributed by atoms with Crippen molar-refractivity contribution in [3.05, 3.63) is 35.6 Å². The lowest BCUT2D eigenvalue weighted by Crippen LogP contribution is -2.25. The van der Waals surface area contributed by atoms with Gasteiger partial charge in [-0.2, -0.15) is 0 Å². The van der Waals surface area contributed by atoms with Gasteiger partial charge in [0.15, 0.2) is 0 Å². The van der Waals surface area contributed by atoms with Crippen molar-refractivity contribution in [2.45, 2.75) is 24.1 Å². The van der Waals surface area contributed by atoms with Gasteiger partial charge in [0.25, 0.3) is 10.0 Å². The highest BCUT2D eigenvalue weighted by molar-refractivity contribution is 7.91. The third-order valence-electron chi connectivity index (χ3n) is 2.77. The zero-order chi connectivity index (χ0) is 16.9. The normalized spacial score (nSPS) is 11.4. The van der Waals surface area contributed by atoms with Crippen LogP contribution in [-0.2, 0) is 21.2 Å². The summed E-state index contributed by atoms with van der Waals surface area (Å²) in [5.74, 6) is -0.655. The van der Waals surface area contributed by atoms with E-state index in [2.05, 4.69) is 20.2 Å². The number of carbonyl (C=O) groups excluding carboxylic acids is 1. The Hall–Kier alpha value is -1.91.